The van der Waals surface area contributed by atoms with Crippen LogP contribution in [0.3, 0.4) is 0 Å². The third-order valence-electron chi connectivity index (χ3n) is 4.61. The number of hydrogen-bond donors (Lipinski definition) is 0. The molecule has 0 bridgehead atoms. The molecule has 2 aromatic carbocycles. The number of pyridine rings is 1. The van der Waals surface area contributed by atoms with Crippen LogP contribution in [0.25, 0.3) is 39.6 Å². The minimum absolute atomic E-state index is 0.669. The van der Waals surface area contributed by atoms with Crippen LogP contribution in [0.4, 0.5) is 0 Å². The molecule has 0 aliphatic carbocycles. The third-order valence-corrected chi connectivity index (χ3v) is 4.61. The normalized spacial score (nSPS) is 11.8. The summed E-state index contributed by atoms with van der Waals surface area (Å²) >= 11 is 0. The molecule has 0 amide bonds. The lowest BCUT2D eigenvalue weighted by Gasteiger charge is -1.97. The topological polar surface area (TPSA) is 41.1 Å². The molecule has 0 N–H and O–H groups in total. The highest BCUT2D eigenvalue weighted by molar-refractivity contribution is 6.09. The van der Waals surface area contributed by atoms with Crippen LogP contribution in [0.2, 0.25) is 0 Å². The highest BCUT2D eigenvalue weighted by atomic mass is 15.0. The minimum Gasteiger partial charge on any atom is -0.292 e. The van der Waals surface area contributed by atoms with E-state index < -0.39 is 0 Å². The molecule has 0 spiro atoms. The molecule has 5 aromatic rings. The quantitative estimate of drug-likeness (QED) is 0.453. The van der Waals surface area contributed by atoms with Crippen molar-refractivity contribution < 1.29 is 0 Å². The summed E-state index contributed by atoms with van der Waals surface area (Å²) < 4.78 is 2.23. The summed E-state index contributed by atoms with van der Waals surface area (Å²) in [6.07, 6.45) is 4.07. The second kappa shape index (κ2) is 5.19. The number of benzene rings is 2. The molecule has 0 atom stereocenters. The monoisotopic (exact) mass is 319 g/mol. The Morgan fingerprint density at radius 3 is 2.36 bits per heavy atom. The van der Waals surface area contributed by atoms with Gasteiger partial charge in [-0.15, -0.1) is 0 Å². The van der Waals surface area contributed by atoms with Gasteiger partial charge >= 0.3 is 0 Å². The highest BCUT2D eigenvalue weighted by Crippen LogP contribution is 2.31. The van der Waals surface area contributed by atoms with Crippen molar-refractivity contribution in [2.24, 2.45) is 0 Å². The molecule has 25 heavy (non-hydrogen) atoms. The fraction of sp³-hybridized carbons (Fsp3) is 0. The van der Waals surface area contributed by atoms with E-state index in [0.717, 1.165) is 22.4 Å². The third kappa shape index (κ3) is 2.02. The number of aromatic nitrogens is 2. The summed E-state index contributed by atoms with van der Waals surface area (Å²) in [5, 5.41) is 11.3. The van der Waals surface area contributed by atoms with Crippen LogP contribution < -0.4 is 0 Å². The molecule has 0 fully saturated rings. The van der Waals surface area contributed by atoms with E-state index in [4.69, 9.17) is 10.2 Å². The zero-order valence-electron chi connectivity index (χ0n) is 13.3. The van der Waals surface area contributed by atoms with Gasteiger partial charge in [-0.3, -0.25) is 4.40 Å². The molecule has 0 saturated heterocycles. The van der Waals surface area contributed by atoms with Gasteiger partial charge in [0.05, 0.1) is 28.4 Å². The molecule has 5 rings (SSSR count). The number of hydrogen-bond acceptors (Lipinski definition) is 2. The van der Waals surface area contributed by atoms with Crippen LogP contribution in [0.5, 0.6) is 0 Å². The van der Waals surface area contributed by atoms with Crippen molar-refractivity contribution in [1.82, 2.24) is 9.38 Å². The number of rotatable bonds is 2. The van der Waals surface area contributed by atoms with Crippen molar-refractivity contribution in [3.05, 3.63) is 83.6 Å². The summed E-state index contributed by atoms with van der Waals surface area (Å²) in [7, 11) is 0. The standard InChI is InChI=1S/C22H13N3/c23-14-16-10-8-15(9-11-16)12-13-19-21-7-3-6-20-17-4-1-2-5-18(17)22(24-19)25(20)21/h1-13H/b13-12+. The Balaban J connectivity index is 1.68. The summed E-state index contributed by atoms with van der Waals surface area (Å²) in [5.74, 6) is 0. The van der Waals surface area contributed by atoms with E-state index in [0.29, 0.717) is 5.56 Å². The van der Waals surface area contributed by atoms with Gasteiger partial charge in [-0.1, -0.05) is 48.5 Å². The molecule has 3 heterocycles. The first-order chi connectivity index (χ1) is 12.3. The number of nitriles is 1. The van der Waals surface area contributed by atoms with Gasteiger partial charge in [0.1, 0.15) is 5.65 Å². The zero-order chi connectivity index (χ0) is 16.8. The first-order valence-electron chi connectivity index (χ1n) is 8.15. The fourth-order valence-corrected chi connectivity index (χ4v) is 3.42. The van der Waals surface area contributed by atoms with Crippen molar-refractivity contribution >= 4 is 39.6 Å². The largest absolute Gasteiger partial charge is 0.292 e. The first-order valence-corrected chi connectivity index (χ1v) is 8.15. The molecular weight excluding hydrogens is 306 g/mol. The number of fused-ring (bicyclic) bond motifs is 3. The Morgan fingerprint density at radius 2 is 1.56 bits per heavy atom. The predicted molar refractivity (Wildman–Crippen MR) is 101 cm³/mol. The van der Waals surface area contributed by atoms with Crippen molar-refractivity contribution in [3.8, 4) is 6.07 Å². The number of imidazole rings is 1. The van der Waals surface area contributed by atoms with Gasteiger partial charge in [-0.2, -0.15) is 5.26 Å². The van der Waals surface area contributed by atoms with Gasteiger partial charge in [0, 0.05) is 10.8 Å². The van der Waals surface area contributed by atoms with Crippen LogP contribution in [-0.4, -0.2) is 9.38 Å². The van der Waals surface area contributed by atoms with E-state index >= 15 is 0 Å². The van der Waals surface area contributed by atoms with E-state index in [1.807, 2.05) is 36.4 Å². The molecular formula is C22H13N3. The maximum atomic E-state index is 8.89. The molecule has 116 valence electrons. The van der Waals surface area contributed by atoms with E-state index in [2.05, 4.69) is 52.9 Å². The molecule has 0 aliphatic rings. The minimum atomic E-state index is 0.669. The molecule has 0 aliphatic heterocycles. The maximum Gasteiger partial charge on any atom is 0.146 e. The van der Waals surface area contributed by atoms with Crippen LogP contribution >= 0.6 is 0 Å². The van der Waals surface area contributed by atoms with Gasteiger partial charge in [-0.05, 0) is 35.9 Å². The van der Waals surface area contributed by atoms with Crippen molar-refractivity contribution in [2.45, 2.75) is 0 Å². The van der Waals surface area contributed by atoms with Gasteiger partial charge in [0.15, 0.2) is 0 Å². The van der Waals surface area contributed by atoms with E-state index in [-0.39, 0.29) is 0 Å². The average molecular weight is 319 g/mol. The Morgan fingerprint density at radius 1 is 0.800 bits per heavy atom. The Labute approximate surface area is 144 Å². The lowest BCUT2D eigenvalue weighted by Crippen LogP contribution is -1.81. The fourth-order valence-electron chi connectivity index (χ4n) is 3.42. The second-order valence-corrected chi connectivity index (χ2v) is 6.07. The van der Waals surface area contributed by atoms with E-state index in [1.165, 1.54) is 16.3 Å². The van der Waals surface area contributed by atoms with Crippen molar-refractivity contribution in [3.63, 3.8) is 0 Å². The van der Waals surface area contributed by atoms with Crippen molar-refractivity contribution in [2.75, 3.05) is 0 Å². The summed E-state index contributed by atoms with van der Waals surface area (Å²) in [5.41, 5.74) is 5.97. The second-order valence-electron chi connectivity index (χ2n) is 6.07. The highest BCUT2D eigenvalue weighted by Gasteiger charge is 2.14. The summed E-state index contributed by atoms with van der Waals surface area (Å²) in [6, 6.07) is 24.4. The van der Waals surface area contributed by atoms with Crippen LogP contribution in [0.15, 0.2) is 66.7 Å². The van der Waals surface area contributed by atoms with E-state index in [9.17, 15) is 0 Å². The van der Waals surface area contributed by atoms with Crippen LogP contribution in [0.1, 0.15) is 16.8 Å². The average Bonchev–Trinajstić information content (AvgIpc) is 3.20. The Kier molecular flexibility index (Phi) is 2.86. The number of nitrogens with zero attached hydrogens (tertiary/aromatic N) is 3. The molecule has 3 nitrogen and oxygen atoms in total. The maximum absolute atomic E-state index is 8.89. The summed E-state index contributed by atoms with van der Waals surface area (Å²) in [4.78, 5) is 4.87. The molecule has 3 heteroatoms. The smallest absolute Gasteiger partial charge is 0.146 e. The first kappa shape index (κ1) is 13.8. The molecule has 0 unspecified atom stereocenters. The van der Waals surface area contributed by atoms with Crippen molar-refractivity contribution in [1.29, 1.82) is 5.26 Å². The lowest BCUT2D eigenvalue weighted by molar-refractivity contribution is 1.33. The van der Waals surface area contributed by atoms with Gasteiger partial charge in [0.25, 0.3) is 0 Å². The SMILES string of the molecule is N#Cc1ccc(/C=C/c2nc3c4ccccc4c4cccc2n43)cc1. The molecule has 0 radical (unpaired) electrons. The van der Waals surface area contributed by atoms with Crippen LogP contribution in [-0.2, 0) is 0 Å². The van der Waals surface area contributed by atoms with Gasteiger partial charge < -0.3 is 0 Å². The van der Waals surface area contributed by atoms with E-state index in [1.54, 1.807) is 0 Å². The predicted octanol–water partition coefficient (Wildman–Crippen LogP) is 5.12. The zero-order valence-corrected chi connectivity index (χ0v) is 13.3. The Hall–Kier alpha value is -3.64. The lowest BCUT2D eigenvalue weighted by atomic mass is 10.1. The molecule has 3 aromatic heterocycles. The Bertz CT molecular complexity index is 1280. The summed E-state index contributed by atoms with van der Waals surface area (Å²) in [6.45, 7) is 0. The van der Waals surface area contributed by atoms with Crippen LogP contribution in [0, 0.1) is 11.3 Å². The molecule has 0 saturated carbocycles. The van der Waals surface area contributed by atoms with Gasteiger partial charge in [0.2, 0.25) is 0 Å². The van der Waals surface area contributed by atoms with Gasteiger partial charge in [-0.25, -0.2) is 4.98 Å².